The highest BCUT2D eigenvalue weighted by molar-refractivity contribution is 6.09. The number of carbonyl (C=O) groups excluding carboxylic acids is 2. The Bertz CT molecular complexity index is 825. The zero-order valence-corrected chi connectivity index (χ0v) is 13.4. The van der Waals surface area contributed by atoms with Crippen molar-refractivity contribution in [3.8, 4) is 0 Å². The van der Waals surface area contributed by atoms with E-state index in [0.29, 0.717) is 16.8 Å². The normalized spacial score (nSPS) is 19.4. The Morgan fingerprint density at radius 1 is 1.09 bits per heavy atom. The number of benzene rings is 2. The van der Waals surface area contributed by atoms with Crippen molar-refractivity contribution in [2.45, 2.75) is 32.8 Å². The van der Waals surface area contributed by atoms with E-state index in [1.165, 1.54) is 0 Å². The molecule has 1 amide bonds. The molecule has 0 aliphatic carbocycles. The van der Waals surface area contributed by atoms with E-state index in [-0.39, 0.29) is 12.2 Å². The number of aliphatic hydroxyl groups is 1. The monoisotopic (exact) mass is 309 g/mol. The quantitative estimate of drug-likeness (QED) is 0.857. The second-order valence-corrected chi connectivity index (χ2v) is 6.28. The van der Waals surface area contributed by atoms with Crippen molar-refractivity contribution in [1.29, 1.82) is 0 Å². The van der Waals surface area contributed by atoms with Crippen molar-refractivity contribution in [1.82, 2.24) is 0 Å². The molecule has 1 aliphatic rings. The second kappa shape index (κ2) is 5.32. The van der Waals surface area contributed by atoms with Crippen molar-refractivity contribution < 1.29 is 14.7 Å². The van der Waals surface area contributed by atoms with E-state index in [4.69, 9.17) is 0 Å². The summed E-state index contributed by atoms with van der Waals surface area (Å²) in [6.07, 6.45) is -0.265. The van der Waals surface area contributed by atoms with Crippen molar-refractivity contribution in [3.05, 3.63) is 64.2 Å². The molecule has 0 radical (unpaired) electrons. The highest BCUT2D eigenvalue weighted by atomic mass is 16.3. The summed E-state index contributed by atoms with van der Waals surface area (Å²) in [4.78, 5) is 24.9. The van der Waals surface area contributed by atoms with Crippen LogP contribution < -0.4 is 5.32 Å². The van der Waals surface area contributed by atoms with Crippen LogP contribution in [0.4, 0.5) is 5.69 Å². The van der Waals surface area contributed by atoms with Crippen LogP contribution in [0.2, 0.25) is 0 Å². The lowest BCUT2D eigenvalue weighted by Gasteiger charge is -2.21. The predicted octanol–water partition coefficient (Wildman–Crippen LogP) is 3.02. The lowest BCUT2D eigenvalue weighted by Crippen LogP contribution is -2.36. The minimum atomic E-state index is -1.81. The molecule has 0 saturated heterocycles. The predicted molar refractivity (Wildman–Crippen MR) is 88.6 cm³/mol. The average molecular weight is 309 g/mol. The largest absolute Gasteiger partial charge is 0.375 e. The van der Waals surface area contributed by atoms with Gasteiger partial charge in [0, 0.05) is 16.8 Å². The fraction of sp³-hybridized carbons (Fsp3) is 0.263. The SMILES string of the molecule is Cc1ccc(C(=O)C[C@]2(O)C(=O)Nc3ccc(C)cc32)c(C)c1. The van der Waals surface area contributed by atoms with Gasteiger partial charge in [-0.25, -0.2) is 0 Å². The molecule has 0 aromatic heterocycles. The Morgan fingerprint density at radius 2 is 1.74 bits per heavy atom. The lowest BCUT2D eigenvalue weighted by atomic mass is 9.86. The summed E-state index contributed by atoms with van der Waals surface area (Å²) < 4.78 is 0. The van der Waals surface area contributed by atoms with Crippen molar-refractivity contribution >= 4 is 17.4 Å². The summed E-state index contributed by atoms with van der Waals surface area (Å²) in [6.45, 7) is 5.70. The second-order valence-electron chi connectivity index (χ2n) is 6.28. The third-order valence-corrected chi connectivity index (χ3v) is 4.34. The standard InChI is InChI=1S/C19H19NO3/c1-11-4-6-14(13(3)8-11)17(21)10-19(23)15-9-12(2)5-7-16(15)20-18(19)22/h4-9,23H,10H2,1-3H3,(H,20,22)/t19-/m1/s1. The Labute approximate surface area is 135 Å². The first-order valence-electron chi connectivity index (χ1n) is 7.57. The van der Waals surface area contributed by atoms with Gasteiger partial charge >= 0.3 is 0 Å². The van der Waals surface area contributed by atoms with Gasteiger partial charge in [-0.05, 0) is 32.4 Å². The molecule has 4 heteroatoms. The number of aryl methyl sites for hydroxylation is 3. The van der Waals surface area contributed by atoms with Crippen LogP contribution in [0.3, 0.4) is 0 Å². The van der Waals surface area contributed by atoms with E-state index >= 15 is 0 Å². The van der Waals surface area contributed by atoms with E-state index in [2.05, 4.69) is 5.32 Å². The van der Waals surface area contributed by atoms with Crippen LogP contribution in [-0.4, -0.2) is 16.8 Å². The molecule has 2 aromatic carbocycles. The van der Waals surface area contributed by atoms with Gasteiger partial charge in [0.25, 0.3) is 5.91 Å². The zero-order chi connectivity index (χ0) is 16.8. The Hall–Kier alpha value is -2.46. The molecule has 1 atom stereocenters. The van der Waals surface area contributed by atoms with Gasteiger partial charge in [0.15, 0.2) is 11.4 Å². The molecule has 118 valence electrons. The van der Waals surface area contributed by atoms with E-state index in [1.54, 1.807) is 18.2 Å². The molecule has 0 bridgehead atoms. The molecule has 1 aliphatic heterocycles. The number of rotatable bonds is 3. The average Bonchev–Trinajstić information content (AvgIpc) is 2.70. The Morgan fingerprint density at radius 3 is 2.43 bits per heavy atom. The fourth-order valence-corrected chi connectivity index (χ4v) is 3.09. The van der Waals surface area contributed by atoms with Gasteiger partial charge in [0.05, 0.1) is 6.42 Å². The van der Waals surface area contributed by atoms with Gasteiger partial charge in [-0.2, -0.15) is 0 Å². The molecule has 0 spiro atoms. The van der Waals surface area contributed by atoms with Crippen LogP contribution in [0, 0.1) is 20.8 Å². The third kappa shape index (κ3) is 2.55. The van der Waals surface area contributed by atoms with Gasteiger partial charge in [0.2, 0.25) is 0 Å². The highest BCUT2D eigenvalue weighted by Gasteiger charge is 2.46. The smallest absolute Gasteiger partial charge is 0.261 e. The van der Waals surface area contributed by atoms with Crippen molar-refractivity contribution in [2.24, 2.45) is 0 Å². The number of Topliss-reactive ketones (excluding diaryl/α,β-unsaturated/α-hetero) is 1. The van der Waals surface area contributed by atoms with Crippen LogP contribution in [0.15, 0.2) is 36.4 Å². The van der Waals surface area contributed by atoms with Crippen LogP contribution in [-0.2, 0) is 10.4 Å². The van der Waals surface area contributed by atoms with Crippen LogP contribution in [0.25, 0.3) is 0 Å². The van der Waals surface area contributed by atoms with Crippen molar-refractivity contribution in [3.63, 3.8) is 0 Å². The molecule has 4 nitrogen and oxygen atoms in total. The Kier molecular flexibility index (Phi) is 3.57. The number of carbonyl (C=O) groups is 2. The maximum absolute atomic E-state index is 12.6. The summed E-state index contributed by atoms with van der Waals surface area (Å²) in [5, 5.41) is 13.5. The molecule has 2 N–H and O–H groups in total. The summed E-state index contributed by atoms with van der Waals surface area (Å²) in [5.74, 6) is -0.786. The van der Waals surface area contributed by atoms with Gasteiger partial charge in [-0.1, -0.05) is 41.5 Å². The maximum Gasteiger partial charge on any atom is 0.261 e. The lowest BCUT2D eigenvalue weighted by molar-refractivity contribution is -0.133. The van der Waals surface area contributed by atoms with Crippen LogP contribution >= 0.6 is 0 Å². The molecular weight excluding hydrogens is 290 g/mol. The van der Waals surface area contributed by atoms with Crippen LogP contribution in [0.5, 0.6) is 0 Å². The Balaban J connectivity index is 1.97. The maximum atomic E-state index is 12.6. The van der Waals surface area contributed by atoms with Gasteiger partial charge < -0.3 is 10.4 Å². The number of fused-ring (bicyclic) bond motifs is 1. The minimum Gasteiger partial charge on any atom is -0.375 e. The molecule has 1 heterocycles. The van der Waals surface area contributed by atoms with E-state index in [9.17, 15) is 14.7 Å². The first-order chi connectivity index (χ1) is 10.8. The third-order valence-electron chi connectivity index (χ3n) is 4.34. The fourth-order valence-electron chi connectivity index (χ4n) is 3.09. The number of hydrogen-bond donors (Lipinski definition) is 2. The van der Waals surface area contributed by atoms with E-state index in [0.717, 1.165) is 16.7 Å². The summed E-state index contributed by atoms with van der Waals surface area (Å²) in [6, 6.07) is 10.9. The van der Waals surface area contributed by atoms with Gasteiger partial charge in [0.1, 0.15) is 0 Å². The number of hydrogen-bond acceptors (Lipinski definition) is 3. The summed E-state index contributed by atoms with van der Waals surface area (Å²) in [5.41, 5.74) is 2.61. The molecule has 0 unspecified atom stereocenters. The molecule has 0 fully saturated rings. The van der Waals surface area contributed by atoms with E-state index in [1.807, 2.05) is 39.0 Å². The zero-order valence-electron chi connectivity index (χ0n) is 13.4. The molecule has 0 saturated carbocycles. The number of anilines is 1. The molecule has 23 heavy (non-hydrogen) atoms. The number of nitrogens with one attached hydrogen (secondary N) is 1. The summed E-state index contributed by atoms with van der Waals surface area (Å²) in [7, 11) is 0. The first-order valence-corrected chi connectivity index (χ1v) is 7.57. The number of ketones is 1. The van der Waals surface area contributed by atoms with E-state index < -0.39 is 11.5 Å². The highest BCUT2D eigenvalue weighted by Crippen LogP contribution is 2.39. The van der Waals surface area contributed by atoms with Crippen molar-refractivity contribution in [2.75, 3.05) is 5.32 Å². The topological polar surface area (TPSA) is 66.4 Å². The number of amides is 1. The summed E-state index contributed by atoms with van der Waals surface area (Å²) >= 11 is 0. The van der Waals surface area contributed by atoms with Gasteiger partial charge in [-0.15, -0.1) is 0 Å². The van der Waals surface area contributed by atoms with Gasteiger partial charge in [-0.3, -0.25) is 9.59 Å². The first kappa shape index (κ1) is 15.4. The molecule has 3 rings (SSSR count). The minimum absolute atomic E-state index is 0.241. The molecular formula is C19H19NO3. The van der Waals surface area contributed by atoms with Crippen LogP contribution in [0.1, 0.15) is 39.0 Å². The molecule has 2 aromatic rings.